The maximum Gasteiger partial charge on any atom is 0.339 e. The molecule has 69 valence electrons. The van der Waals surface area contributed by atoms with Gasteiger partial charge in [-0.3, -0.25) is 0 Å². The molecule has 4 nitrogen and oxygen atoms in total. The third-order valence-electron chi connectivity index (χ3n) is 1.21. The second-order valence-electron chi connectivity index (χ2n) is 2.01. The van der Waals surface area contributed by atoms with Crippen LogP contribution in [-0.4, -0.2) is 21.3 Å². The molecule has 0 aliphatic carbocycles. The van der Waals surface area contributed by atoms with Crippen molar-refractivity contribution < 1.29 is 37.2 Å². The van der Waals surface area contributed by atoms with Gasteiger partial charge in [-0.15, -0.1) is 0 Å². The van der Waals surface area contributed by atoms with Crippen molar-refractivity contribution in [2.75, 3.05) is 0 Å². The maximum absolute atomic E-state index is 10.3. The third-order valence-corrected chi connectivity index (χ3v) is 1.21. The van der Waals surface area contributed by atoms with Crippen LogP contribution in [0.1, 0.15) is 10.4 Å². The molecule has 1 aromatic rings. The Morgan fingerprint density at radius 3 is 2.25 bits per heavy atom. The van der Waals surface area contributed by atoms with Gasteiger partial charge in [-0.05, 0) is 12.1 Å². The van der Waals surface area contributed by atoms with Crippen LogP contribution >= 0.6 is 0 Å². The van der Waals surface area contributed by atoms with Gasteiger partial charge in [0.15, 0.2) is 0 Å². The summed E-state index contributed by atoms with van der Waals surface area (Å²) in [5.41, 5.74) is -0.220. The number of hydrogen-bond acceptors (Lipinski definition) is 3. The molecule has 0 spiro atoms. The molecule has 0 heterocycles. The monoisotopic (exact) mass is 217 g/mol. The molecule has 0 saturated carbocycles. The summed E-state index contributed by atoms with van der Waals surface area (Å²) >= 11 is 0. The number of phenols is 2. The van der Waals surface area contributed by atoms with E-state index in [0.717, 1.165) is 12.1 Å². The Labute approximate surface area is 78.9 Å². The molecular weight excluding hydrogens is 212 g/mol. The van der Waals surface area contributed by atoms with E-state index >= 15 is 0 Å². The van der Waals surface area contributed by atoms with Gasteiger partial charge in [0, 0.05) is 23.1 Å². The Hall–Kier alpha value is -1.19. The molecule has 1 rings (SSSR count). The first-order valence-electron chi connectivity index (χ1n) is 2.86. The second kappa shape index (κ2) is 3.99. The van der Waals surface area contributed by atoms with Crippen LogP contribution in [-0.2, 0) is 17.1 Å². The fraction of sp³-hybridized carbons (Fsp3) is 0. The van der Waals surface area contributed by atoms with Gasteiger partial charge in [-0.25, -0.2) is 4.79 Å². The van der Waals surface area contributed by atoms with Gasteiger partial charge in [0.05, 0.1) is 0 Å². The van der Waals surface area contributed by atoms with E-state index in [1.807, 2.05) is 0 Å². The first-order chi connectivity index (χ1) is 5.11. The van der Waals surface area contributed by atoms with Gasteiger partial charge in [0.1, 0.15) is 17.1 Å². The molecule has 0 bridgehead atoms. The minimum Gasteiger partial charge on any atom is -0.508 e. The topological polar surface area (TPSA) is 77.8 Å². The average molecular weight is 218 g/mol. The van der Waals surface area contributed by atoms with E-state index < -0.39 is 11.7 Å². The zero-order valence-electron chi connectivity index (χ0n) is 5.78. The fourth-order valence-electron chi connectivity index (χ4n) is 0.701. The SMILES string of the molecule is O=C(O)c1ccc(O)cc1O.[Cu]. The van der Waals surface area contributed by atoms with Gasteiger partial charge in [0.2, 0.25) is 0 Å². The molecule has 0 amide bonds. The summed E-state index contributed by atoms with van der Waals surface area (Å²) in [7, 11) is 0. The van der Waals surface area contributed by atoms with Gasteiger partial charge < -0.3 is 15.3 Å². The Morgan fingerprint density at radius 1 is 1.25 bits per heavy atom. The zero-order chi connectivity index (χ0) is 8.43. The minimum atomic E-state index is -1.22. The standard InChI is InChI=1S/C7H6O4.Cu/c8-4-1-2-5(7(10)11)6(9)3-4;/h1-3,8-9H,(H,10,11);. The van der Waals surface area contributed by atoms with Crippen molar-refractivity contribution in [1.29, 1.82) is 0 Å². The number of rotatable bonds is 1. The van der Waals surface area contributed by atoms with Crippen LogP contribution in [0, 0.1) is 0 Å². The molecule has 0 aliphatic heterocycles. The van der Waals surface area contributed by atoms with Gasteiger partial charge in [-0.1, -0.05) is 0 Å². The van der Waals surface area contributed by atoms with E-state index in [2.05, 4.69) is 0 Å². The van der Waals surface area contributed by atoms with Crippen molar-refractivity contribution in [3.8, 4) is 11.5 Å². The Morgan fingerprint density at radius 2 is 1.83 bits per heavy atom. The molecular formula is C7H6CuO4. The van der Waals surface area contributed by atoms with Crippen LogP contribution in [0.3, 0.4) is 0 Å². The number of benzene rings is 1. The van der Waals surface area contributed by atoms with E-state index in [4.69, 9.17) is 15.3 Å². The average Bonchev–Trinajstić information content (AvgIpc) is 1.85. The third kappa shape index (κ3) is 2.15. The Bertz CT molecular complexity index is 297. The molecule has 0 saturated heterocycles. The van der Waals surface area contributed by atoms with Gasteiger partial charge in [0.25, 0.3) is 0 Å². The van der Waals surface area contributed by atoms with E-state index in [0.29, 0.717) is 0 Å². The molecule has 0 aromatic heterocycles. The summed E-state index contributed by atoms with van der Waals surface area (Å²) in [6.07, 6.45) is 0. The van der Waals surface area contributed by atoms with Crippen LogP contribution in [0.15, 0.2) is 18.2 Å². The summed E-state index contributed by atoms with van der Waals surface area (Å²) < 4.78 is 0. The summed E-state index contributed by atoms with van der Waals surface area (Å²) in [4.78, 5) is 10.3. The first-order valence-corrected chi connectivity index (χ1v) is 2.86. The van der Waals surface area contributed by atoms with Crippen molar-refractivity contribution >= 4 is 5.97 Å². The van der Waals surface area contributed by atoms with E-state index in [-0.39, 0.29) is 28.4 Å². The molecule has 3 N–H and O–H groups in total. The number of carbonyl (C=O) groups is 1. The second-order valence-corrected chi connectivity index (χ2v) is 2.01. The van der Waals surface area contributed by atoms with Gasteiger partial charge in [-0.2, -0.15) is 0 Å². The Kier molecular flexibility index (Phi) is 3.60. The smallest absolute Gasteiger partial charge is 0.339 e. The van der Waals surface area contributed by atoms with Crippen molar-refractivity contribution in [3.05, 3.63) is 23.8 Å². The first kappa shape index (κ1) is 10.8. The molecule has 1 aromatic carbocycles. The molecule has 1 radical (unpaired) electrons. The largest absolute Gasteiger partial charge is 0.508 e. The van der Waals surface area contributed by atoms with E-state index in [1.165, 1.54) is 6.07 Å². The zero-order valence-corrected chi connectivity index (χ0v) is 6.73. The number of carboxylic acid groups (broad SMARTS) is 1. The van der Waals surface area contributed by atoms with Crippen LogP contribution < -0.4 is 0 Å². The fourth-order valence-corrected chi connectivity index (χ4v) is 0.701. The molecule has 0 fully saturated rings. The van der Waals surface area contributed by atoms with Crippen molar-refractivity contribution in [2.24, 2.45) is 0 Å². The summed E-state index contributed by atoms with van der Waals surface area (Å²) in [5.74, 6) is -1.81. The summed E-state index contributed by atoms with van der Waals surface area (Å²) in [6.45, 7) is 0. The van der Waals surface area contributed by atoms with Crippen LogP contribution in [0.2, 0.25) is 0 Å². The summed E-state index contributed by atoms with van der Waals surface area (Å²) in [5, 5.41) is 26.1. The molecule has 0 aliphatic rings. The van der Waals surface area contributed by atoms with Crippen molar-refractivity contribution in [2.45, 2.75) is 0 Å². The number of aromatic hydroxyl groups is 2. The number of hydrogen-bond donors (Lipinski definition) is 3. The van der Waals surface area contributed by atoms with Crippen LogP contribution in [0.4, 0.5) is 0 Å². The molecule has 12 heavy (non-hydrogen) atoms. The van der Waals surface area contributed by atoms with E-state index in [1.54, 1.807) is 0 Å². The number of carboxylic acids is 1. The molecule has 0 atom stereocenters. The van der Waals surface area contributed by atoms with Crippen LogP contribution in [0.5, 0.6) is 11.5 Å². The number of phenolic OH excluding ortho intramolecular Hbond substituents is 1. The van der Waals surface area contributed by atoms with Crippen molar-refractivity contribution in [3.63, 3.8) is 0 Å². The summed E-state index contributed by atoms with van der Waals surface area (Å²) in [6, 6.07) is 3.31. The predicted octanol–water partition coefficient (Wildman–Crippen LogP) is 0.793. The number of aromatic carboxylic acids is 1. The van der Waals surface area contributed by atoms with E-state index in [9.17, 15) is 4.79 Å². The van der Waals surface area contributed by atoms with Crippen LogP contribution in [0.25, 0.3) is 0 Å². The maximum atomic E-state index is 10.3. The molecule has 5 heteroatoms. The predicted molar refractivity (Wildman–Crippen MR) is 36.7 cm³/mol. The quantitative estimate of drug-likeness (QED) is 0.608. The van der Waals surface area contributed by atoms with Crippen molar-refractivity contribution in [1.82, 2.24) is 0 Å². The minimum absolute atomic E-state index is 0. The normalized spacial score (nSPS) is 8.67. The van der Waals surface area contributed by atoms with Gasteiger partial charge >= 0.3 is 5.97 Å². The molecule has 0 unspecified atom stereocenters. The Balaban J connectivity index is 0.00000121.